The second-order valence-electron chi connectivity index (χ2n) is 5.87. The van der Waals surface area contributed by atoms with Gasteiger partial charge in [-0.05, 0) is 31.4 Å². The molecule has 1 N–H and O–H groups in total. The first-order valence-electron chi connectivity index (χ1n) is 8.42. The molecule has 0 saturated carbocycles. The Balaban J connectivity index is 2.73. The van der Waals surface area contributed by atoms with Crippen LogP contribution in [0.15, 0.2) is 12.1 Å². The van der Waals surface area contributed by atoms with Crippen LogP contribution in [0.3, 0.4) is 0 Å². The molecule has 0 radical (unpaired) electrons. The number of methoxy groups -OCH3 is 1. The van der Waals surface area contributed by atoms with Crippen LogP contribution in [0.2, 0.25) is 5.02 Å². The van der Waals surface area contributed by atoms with E-state index in [1.54, 1.807) is 6.92 Å². The molecule has 2 amide bonds. The number of imide groups is 1. The van der Waals surface area contributed by atoms with Crippen LogP contribution in [0.1, 0.15) is 37.6 Å². The molecule has 1 rings (SSSR count). The van der Waals surface area contributed by atoms with E-state index in [1.165, 1.54) is 19.2 Å². The van der Waals surface area contributed by atoms with Gasteiger partial charge in [0.2, 0.25) is 0 Å². The largest absolute Gasteiger partial charge is 0.493 e. The lowest BCUT2D eigenvalue weighted by Gasteiger charge is -2.14. The van der Waals surface area contributed by atoms with Crippen LogP contribution < -0.4 is 14.8 Å². The molecule has 0 aliphatic heterocycles. The molecular weight excluding hydrogens is 378 g/mol. The number of amides is 2. The van der Waals surface area contributed by atoms with Crippen molar-refractivity contribution in [1.82, 2.24) is 5.32 Å². The standard InChI is InChI=1S/C18H24ClNO7/c1-5-25-18(23)20-15(21)10-27-17(22)12-8-13(19)16(14(9-12)24-4)26-7-6-11(2)3/h8-9,11H,5-7,10H2,1-4H3,(H,20,21,23). The zero-order valence-corrected chi connectivity index (χ0v) is 16.6. The Morgan fingerprint density at radius 1 is 1.19 bits per heavy atom. The van der Waals surface area contributed by atoms with Crippen LogP contribution in [0.4, 0.5) is 4.79 Å². The molecule has 0 aromatic heterocycles. The Morgan fingerprint density at radius 2 is 1.89 bits per heavy atom. The van der Waals surface area contributed by atoms with E-state index in [0.717, 1.165) is 6.42 Å². The molecule has 0 fully saturated rings. The number of hydrogen-bond acceptors (Lipinski definition) is 7. The number of alkyl carbamates (subject to hydrolysis) is 1. The third-order valence-corrected chi connectivity index (χ3v) is 3.54. The van der Waals surface area contributed by atoms with Crippen LogP contribution in [0, 0.1) is 5.92 Å². The van der Waals surface area contributed by atoms with E-state index < -0.39 is 24.6 Å². The Labute approximate surface area is 163 Å². The third kappa shape index (κ3) is 7.74. The van der Waals surface area contributed by atoms with Crippen molar-refractivity contribution >= 4 is 29.6 Å². The fourth-order valence-electron chi connectivity index (χ4n) is 1.91. The maximum absolute atomic E-state index is 12.1. The number of hydrogen-bond donors (Lipinski definition) is 1. The van der Waals surface area contributed by atoms with Crippen LogP contribution in [-0.4, -0.2) is 44.9 Å². The van der Waals surface area contributed by atoms with Gasteiger partial charge in [-0.2, -0.15) is 0 Å². The smallest absolute Gasteiger partial charge is 0.413 e. The highest BCUT2D eigenvalue weighted by Gasteiger charge is 2.18. The van der Waals surface area contributed by atoms with Crippen molar-refractivity contribution in [2.45, 2.75) is 27.2 Å². The summed E-state index contributed by atoms with van der Waals surface area (Å²) in [6, 6.07) is 2.77. The second-order valence-corrected chi connectivity index (χ2v) is 6.27. The van der Waals surface area contributed by atoms with E-state index in [-0.39, 0.29) is 22.9 Å². The average Bonchev–Trinajstić information content (AvgIpc) is 2.60. The van der Waals surface area contributed by atoms with Crippen molar-refractivity contribution in [2.24, 2.45) is 5.92 Å². The van der Waals surface area contributed by atoms with E-state index in [4.69, 9.17) is 25.8 Å². The molecule has 1 aromatic rings. The van der Waals surface area contributed by atoms with E-state index in [0.29, 0.717) is 18.3 Å². The summed E-state index contributed by atoms with van der Waals surface area (Å²) in [7, 11) is 1.42. The zero-order chi connectivity index (χ0) is 20.4. The summed E-state index contributed by atoms with van der Waals surface area (Å²) >= 11 is 6.19. The molecule has 1 aromatic carbocycles. The van der Waals surface area contributed by atoms with Crippen LogP contribution in [0.25, 0.3) is 0 Å². The Hall–Kier alpha value is -2.48. The van der Waals surface area contributed by atoms with Crippen molar-refractivity contribution in [1.29, 1.82) is 0 Å². The number of nitrogens with one attached hydrogen (secondary N) is 1. The first kappa shape index (κ1) is 22.6. The highest BCUT2D eigenvalue weighted by Crippen LogP contribution is 2.36. The van der Waals surface area contributed by atoms with Gasteiger partial charge in [0.25, 0.3) is 5.91 Å². The molecule has 0 heterocycles. The van der Waals surface area contributed by atoms with Crippen molar-refractivity contribution in [3.63, 3.8) is 0 Å². The fourth-order valence-corrected chi connectivity index (χ4v) is 2.17. The van der Waals surface area contributed by atoms with Gasteiger partial charge in [-0.25, -0.2) is 9.59 Å². The highest BCUT2D eigenvalue weighted by atomic mass is 35.5. The maximum Gasteiger partial charge on any atom is 0.413 e. The summed E-state index contributed by atoms with van der Waals surface area (Å²) in [6.45, 7) is 5.65. The summed E-state index contributed by atoms with van der Waals surface area (Å²) in [5.41, 5.74) is 0.0806. The molecule has 0 aliphatic rings. The predicted molar refractivity (Wildman–Crippen MR) is 98.4 cm³/mol. The lowest BCUT2D eigenvalue weighted by atomic mass is 10.1. The summed E-state index contributed by atoms with van der Waals surface area (Å²) in [6.07, 6.45) is -0.0788. The molecule has 150 valence electrons. The van der Waals surface area contributed by atoms with Gasteiger partial charge in [0.1, 0.15) is 0 Å². The third-order valence-electron chi connectivity index (χ3n) is 3.26. The monoisotopic (exact) mass is 401 g/mol. The number of esters is 1. The number of ether oxygens (including phenoxy) is 4. The van der Waals surface area contributed by atoms with Crippen molar-refractivity contribution < 1.29 is 33.3 Å². The van der Waals surface area contributed by atoms with E-state index >= 15 is 0 Å². The molecule has 0 saturated heterocycles. The van der Waals surface area contributed by atoms with Gasteiger partial charge in [0.05, 0.1) is 30.9 Å². The van der Waals surface area contributed by atoms with Crippen LogP contribution in [-0.2, 0) is 14.3 Å². The van der Waals surface area contributed by atoms with Crippen molar-refractivity contribution in [2.75, 3.05) is 26.9 Å². The second kappa shape index (κ2) is 11.3. The SMILES string of the molecule is CCOC(=O)NC(=O)COC(=O)c1cc(Cl)c(OCCC(C)C)c(OC)c1. The fraction of sp³-hybridized carbons (Fsp3) is 0.500. The van der Waals surface area contributed by atoms with Gasteiger partial charge in [-0.3, -0.25) is 10.1 Å². The Morgan fingerprint density at radius 3 is 2.48 bits per heavy atom. The molecule has 0 aliphatic carbocycles. The summed E-state index contributed by atoms with van der Waals surface area (Å²) < 4.78 is 20.3. The molecule has 0 bridgehead atoms. The topological polar surface area (TPSA) is 100 Å². The molecule has 0 atom stereocenters. The first-order valence-corrected chi connectivity index (χ1v) is 8.80. The number of carbonyl (C=O) groups excluding carboxylic acids is 3. The number of halogens is 1. The van der Waals surface area contributed by atoms with E-state index in [9.17, 15) is 14.4 Å². The van der Waals surface area contributed by atoms with Crippen molar-refractivity contribution in [3.05, 3.63) is 22.7 Å². The number of rotatable bonds is 9. The van der Waals surface area contributed by atoms with E-state index in [1.807, 2.05) is 5.32 Å². The van der Waals surface area contributed by atoms with Gasteiger partial charge < -0.3 is 18.9 Å². The molecular formula is C18H24ClNO7. The molecule has 0 unspecified atom stereocenters. The Kier molecular flexibility index (Phi) is 9.42. The maximum atomic E-state index is 12.1. The minimum Gasteiger partial charge on any atom is -0.493 e. The van der Waals surface area contributed by atoms with Gasteiger partial charge >= 0.3 is 12.1 Å². The molecule has 8 nitrogen and oxygen atoms in total. The number of benzene rings is 1. The van der Waals surface area contributed by atoms with Gasteiger partial charge in [0.15, 0.2) is 18.1 Å². The van der Waals surface area contributed by atoms with Crippen LogP contribution >= 0.6 is 11.6 Å². The van der Waals surface area contributed by atoms with Gasteiger partial charge in [-0.15, -0.1) is 0 Å². The minimum absolute atomic E-state index is 0.0806. The summed E-state index contributed by atoms with van der Waals surface area (Å²) in [4.78, 5) is 34.8. The van der Waals surface area contributed by atoms with Gasteiger partial charge in [0, 0.05) is 0 Å². The minimum atomic E-state index is -0.911. The van der Waals surface area contributed by atoms with Crippen molar-refractivity contribution in [3.8, 4) is 11.5 Å². The van der Waals surface area contributed by atoms with E-state index in [2.05, 4.69) is 18.6 Å². The zero-order valence-electron chi connectivity index (χ0n) is 15.8. The Bertz CT molecular complexity index is 676. The lowest BCUT2D eigenvalue weighted by Crippen LogP contribution is -2.34. The normalized spacial score (nSPS) is 10.3. The lowest BCUT2D eigenvalue weighted by molar-refractivity contribution is -0.123. The highest BCUT2D eigenvalue weighted by molar-refractivity contribution is 6.32. The first-order chi connectivity index (χ1) is 12.8. The molecule has 0 spiro atoms. The van der Waals surface area contributed by atoms with Crippen LogP contribution in [0.5, 0.6) is 11.5 Å². The average molecular weight is 402 g/mol. The molecule has 27 heavy (non-hydrogen) atoms. The molecule has 9 heteroatoms. The quantitative estimate of drug-likeness (QED) is 0.634. The van der Waals surface area contributed by atoms with Gasteiger partial charge in [-0.1, -0.05) is 25.4 Å². The predicted octanol–water partition coefficient (Wildman–Crippen LogP) is 3.20. The number of carbonyl (C=O) groups is 3. The summed E-state index contributed by atoms with van der Waals surface area (Å²) in [5.74, 6) is -0.549. The summed E-state index contributed by atoms with van der Waals surface area (Å²) in [5, 5.41) is 2.10.